The summed E-state index contributed by atoms with van der Waals surface area (Å²) >= 11 is 0. The minimum absolute atomic E-state index is 0.675. The maximum absolute atomic E-state index is 5.78. The van der Waals surface area contributed by atoms with Crippen LogP contribution < -0.4 is 11.1 Å². The summed E-state index contributed by atoms with van der Waals surface area (Å²) < 4.78 is 0. The summed E-state index contributed by atoms with van der Waals surface area (Å²) in [5, 5.41) is 4.37. The summed E-state index contributed by atoms with van der Waals surface area (Å²) in [7, 11) is 0. The first kappa shape index (κ1) is 11.7. The molecule has 0 bridgehead atoms. The molecule has 0 radical (unpaired) electrons. The summed E-state index contributed by atoms with van der Waals surface area (Å²) in [6, 6.07) is 15.6. The van der Waals surface area contributed by atoms with E-state index in [0.29, 0.717) is 11.6 Å². The number of imidazole rings is 1. The molecule has 0 aliphatic heterocycles. The highest BCUT2D eigenvalue weighted by Crippen LogP contribution is 2.25. The van der Waals surface area contributed by atoms with Gasteiger partial charge in [-0.2, -0.15) is 0 Å². The zero-order valence-corrected chi connectivity index (χ0v) is 11.2. The molecule has 0 fully saturated rings. The molecule has 0 spiro atoms. The molecule has 4 N–H and O–H groups in total. The van der Waals surface area contributed by atoms with Gasteiger partial charge in [0, 0.05) is 17.3 Å². The number of rotatable bonds is 2. The molecule has 21 heavy (non-hydrogen) atoms. The SMILES string of the molecule is Nc1ccc2nc(Nc3cccc4cccnc34)[nH]c2c1. The molecule has 2 aromatic heterocycles. The summed E-state index contributed by atoms with van der Waals surface area (Å²) in [4.78, 5) is 12.1. The van der Waals surface area contributed by atoms with Crippen molar-refractivity contribution in [2.75, 3.05) is 11.1 Å². The molecule has 2 heterocycles. The molecule has 0 atom stereocenters. The van der Waals surface area contributed by atoms with Gasteiger partial charge in [-0.05, 0) is 30.3 Å². The van der Waals surface area contributed by atoms with Crippen LogP contribution in [0, 0.1) is 0 Å². The largest absolute Gasteiger partial charge is 0.399 e. The fourth-order valence-electron chi connectivity index (χ4n) is 2.42. The number of anilines is 3. The molecule has 5 nitrogen and oxygen atoms in total. The average Bonchev–Trinajstić information content (AvgIpc) is 2.89. The number of aromatic nitrogens is 3. The molecular weight excluding hydrogens is 262 g/mol. The molecule has 0 saturated carbocycles. The van der Waals surface area contributed by atoms with Crippen molar-refractivity contribution in [3.63, 3.8) is 0 Å². The normalized spacial score (nSPS) is 11.0. The van der Waals surface area contributed by atoms with Gasteiger partial charge in [0.05, 0.1) is 22.2 Å². The van der Waals surface area contributed by atoms with Crippen molar-refractivity contribution in [2.45, 2.75) is 0 Å². The Morgan fingerprint density at radius 1 is 1.05 bits per heavy atom. The number of nitrogens with one attached hydrogen (secondary N) is 2. The third kappa shape index (κ3) is 2.04. The van der Waals surface area contributed by atoms with Gasteiger partial charge in [0.1, 0.15) is 0 Å². The highest BCUT2D eigenvalue weighted by molar-refractivity contribution is 5.92. The second kappa shape index (κ2) is 4.49. The number of nitrogens with zero attached hydrogens (tertiary/aromatic N) is 2. The van der Waals surface area contributed by atoms with Gasteiger partial charge < -0.3 is 16.0 Å². The van der Waals surface area contributed by atoms with Crippen LogP contribution >= 0.6 is 0 Å². The number of hydrogen-bond donors (Lipinski definition) is 3. The number of nitrogens with two attached hydrogens (primary N) is 1. The predicted octanol–water partition coefficient (Wildman–Crippen LogP) is 3.44. The minimum atomic E-state index is 0.675. The zero-order valence-electron chi connectivity index (χ0n) is 11.2. The molecule has 102 valence electrons. The van der Waals surface area contributed by atoms with E-state index in [9.17, 15) is 0 Å². The monoisotopic (exact) mass is 275 g/mol. The molecule has 2 aromatic carbocycles. The first-order valence-corrected chi connectivity index (χ1v) is 6.66. The first-order chi connectivity index (χ1) is 10.3. The van der Waals surface area contributed by atoms with Crippen molar-refractivity contribution >= 4 is 39.3 Å². The molecule has 0 amide bonds. The molecule has 4 aromatic rings. The van der Waals surface area contributed by atoms with Crippen LogP contribution in [0.5, 0.6) is 0 Å². The van der Waals surface area contributed by atoms with Crippen LogP contribution in [0.25, 0.3) is 21.9 Å². The maximum Gasteiger partial charge on any atom is 0.205 e. The number of pyridine rings is 1. The van der Waals surface area contributed by atoms with E-state index in [1.54, 1.807) is 6.20 Å². The summed E-state index contributed by atoms with van der Waals surface area (Å²) in [5.74, 6) is 0.675. The van der Waals surface area contributed by atoms with Crippen molar-refractivity contribution in [1.82, 2.24) is 15.0 Å². The van der Waals surface area contributed by atoms with Gasteiger partial charge in [0.2, 0.25) is 5.95 Å². The summed E-state index contributed by atoms with van der Waals surface area (Å²) in [6.45, 7) is 0. The fourth-order valence-corrected chi connectivity index (χ4v) is 2.42. The summed E-state index contributed by atoms with van der Waals surface area (Å²) in [6.07, 6.45) is 1.78. The Morgan fingerprint density at radius 2 is 1.95 bits per heavy atom. The van der Waals surface area contributed by atoms with E-state index in [0.717, 1.165) is 27.6 Å². The third-order valence-electron chi connectivity index (χ3n) is 3.39. The lowest BCUT2D eigenvalue weighted by Gasteiger charge is -2.05. The summed E-state index contributed by atoms with van der Waals surface area (Å²) in [5.41, 5.74) is 10.1. The van der Waals surface area contributed by atoms with Gasteiger partial charge in [0.25, 0.3) is 0 Å². The van der Waals surface area contributed by atoms with Crippen LogP contribution in [0.2, 0.25) is 0 Å². The van der Waals surface area contributed by atoms with Gasteiger partial charge in [-0.25, -0.2) is 4.98 Å². The lowest BCUT2D eigenvalue weighted by atomic mass is 10.2. The Bertz CT molecular complexity index is 936. The first-order valence-electron chi connectivity index (χ1n) is 6.66. The van der Waals surface area contributed by atoms with Crippen molar-refractivity contribution in [3.05, 3.63) is 54.7 Å². The number of nitrogen functional groups attached to an aromatic ring is 1. The molecule has 0 aliphatic rings. The van der Waals surface area contributed by atoms with Gasteiger partial charge in [0.15, 0.2) is 0 Å². The Hall–Kier alpha value is -3.08. The van der Waals surface area contributed by atoms with Gasteiger partial charge in [-0.3, -0.25) is 4.98 Å². The predicted molar refractivity (Wildman–Crippen MR) is 85.5 cm³/mol. The molecule has 0 unspecified atom stereocenters. The fraction of sp³-hybridized carbons (Fsp3) is 0. The van der Waals surface area contributed by atoms with Crippen LogP contribution in [-0.4, -0.2) is 15.0 Å². The standard InChI is InChI=1S/C16H13N5/c17-11-6-7-12-14(9-11)21-16(19-12)20-13-5-1-3-10-4-2-8-18-15(10)13/h1-9H,17H2,(H2,19,20,21). The Balaban J connectivity index is 1.79. The van der Waals surface area contributed by atoms with E-state index in [4.69, 9.17) is 5.73 Å². The van der Waals surface area contributed by atoms with E-state index >= 15 is 0 Å². The van der Waals surface area contributed by atoms with Crippen molar-refractivity contribution in [2.24, 2.45) is 0 Å². The number of para-hydroxylation sites is 1. The number of benzene rings is 2. The van der Waals surface area contributed by atoms with E-state index in [2.05, 4.69) is 20.3 Å². The van der Waals surface area contributed by atoms with Crippen LogP contribution in [0.15, 0.2) is 54.7 Å². The maximum atomic E-state index is 5.78. The second-order valence-corrected chi connectivity index (χ2v) is 4.87. The van der Waals surface area contributed by atoms with E-state index in [1.807, 2.05) is 48.5 Å². The van der Waals surface area contributed by atoms with Crippen LogP contribution in [0.4, 0.5) is 17.3 Å². The number of H-pyrrole nitrogens is 1. The van der Waals surface area contributed by atoms with E-state index < -0.39 is 0 Å². The van der Waals surface area contributed by atoms with Crippen LogP contribution in [0.3, 0.4) is 0 Å². The Labute approximate surface area is 120 Å². The number of hydrogen-bond acceptors (Lipinski definition) is 4. The quantitative estimate of drug-likeness (QED) is 0.490. The molecule has 0 saturated heterocycles. The lowest BCUT2D eigenvalue weighted by molar-refractivity contribution is 1.31. The molecular formula is C16H13N5. The van der Waals surface area contributed by atoms with Crippen LogP contribution in [0.1, 0.15) is 0 Å². The van der Waals surface area contributed by atoms with Crippen molar-refractivity contribution < 1.29 is 0 Å². The number of fused-ring (bicyclic) bond motifs is 2. The minimum Gasteiger partial charge on any atom is -0.399 e. The molecule has 0 aliphatic carbocycles. The van der Waals surface area contributed by atoms with Crippen molar-refractivity contribution in [1.29, 1.82) is 0 Å². The van der Waals surface area contributed by atoms with Gasteiger partial charge in [-0.15, -0.1) is 0 Å². The lowest BCUT2D eigenvalue weighted by Crippen LogP contribution is -1.94. The second-order valence-electron chi connectivity index (χ2n) is 4.87. The zero-order chi connectivity index (χ0) is 14.2. The van der Waals surface area contributed by atoms with E-state index in [1.165, 1.54) is 0 Å². The molecule has 4 rings (SSSR count). The average molecular weight is 275 g/mol. The Morgan fingerprint density at radius 3 is 2.90 bits per heavy atom. The Kier molecular flexibility index (Phi) is 2.50. The highest BCUT2D eigenvalue weighted by Gasteiger charge is 2.06. The number of aromatic amines is 1. The molecule has 5 heteroatoms. The van der Waals surface area contributed by atoms with Crippen LogP contribution in [-0.2, 0) is 0 Å². The highest BCUT2D eigenvalue weighted by atomic mass is 15.1. The topological polar surface area (TPSA) is 79.6 Å². The van der Waals surface area contributed by atoms with Crippen molar-refractivity contribution in [3.8, 4) is 0 Å². The smallest absolute Gasteiger partial charge is 0.205 e. The third-order valence-corrected chi connectivity index (χ3v) is 3.39. The van der Waals surface area contributed by atoms with Gasteiger partial charge >= 0.3 is 0 Å². The van der Waals surface area contributed by atoms with E-state index in [-0.39, 0.29) is 0 Å². The van der Waals surface area contributed by atoms with Gasteiger partial charge in [-0.1, -0.05) is 18.2 Å².